The molecule has 0 saturated heterocycles. The zero-order chi connectivity index (χ0) is 26.2. The van der Waals surface area contributed by atoms with Crippen LogP contribution in [0.15, 0.2) is 69.9 Å². The first-order valence-corrected chi connectivity index (χ1v) is 11.7. The lowest BCUT2D eigenvalue weighted by Crippen LogP contribution is -2.34. The summed E-state index contributed by atoms with van der Waals surface area (Å²) in [5, 5.41) is 0.600. The van der Waals surface area contributed by atoms with Crippen LogP contribution in [0.5, 0.6) is 23.0 Å². The first kappa shape index (κ1) is 25.0. The molecule has 0 amide bonds. The molecule has 10 heteroatoms. The molecule has 1 aliphatic rings. The molecule has 1 aromatic heterocycles. The van der Waals surface area contributed by atoms with E-state index in [9.17, 15) is 18.0 Å². The van der Waals surface area contributed by atoms with Gasteiger partial charge in [0.15, 0.2) is 0 Å². The van der Waals surface area contributed by atoms with Crippen molar-refractivity contribution in [3.63, 3.8) is 0 Å². The van der Waals surface area contributed by atoms with Crippen molar-refractivity contribution in [3.8, 4) is 23.0 Å². The molecule has 0 unspecified atom stereocenters. The van der Waals surface area contributed by atoms with Crippen LogP contribution < -0.4 is 19.6 Å². The molecule has 4 aromatic rings. The molecule has 1 aliphatic heterocycles. The highest BCUT2D eigenvalue weighted by molar-refractivity contribution is 6.30. The summed E-state index contributed by atoms with van der Waals surface area (Å²) in [5.74, 6) is -1.72. The number of benzene rings is 3. The van der Waals surface area contributed by atoms with Gasteiger partial charge in [-0.05, 0) is 48.4 Å². The van der Waals surface area contributed by atoms with Crippen molar-refractivity contribution in [2.75, 3.05) is 20.4 Å². The summed E-state index contributed by atoms with van der Waals surface area (Å²) in [6.07, 6.45) is -4.30. The van der Waals surface area contributed by atoms with Crippen LogP contribution in [0.4, 0.5) is 13.2 Å². The predicted molar refractivity (Wildman–Crippen MR) is 132 cm³/mol. The van der Waals surface area contributed by atoms with E-state index < -0.39 is 23.1 Å². The minimum Gasteiger partial charge on any atom is -0.497 e. The fourth-order valence-corrected chi connectivity index (χ4v) is 4.26. The second-order valence-electron chi connectivity index (χ2n) is 8.49. The van der Waals surface area contributed by atoms with Crippen molar-refractivity contribution in [2.24, 2.45) is 0 Å². The molecule has 0 fully saturated rings. The van der Waals surface area contributed by atoms with E-state index in [0.29, 0.717) is 35.1 Å². The van der Waals surface area contributed by atoms with Crippen molar-refractivity contribution >= 4 is 22.6 Å². The third-order valence-electron chi connectivity index (χ3n) is 6.01. The van der Waals surface area contributed by atoms with E-state index in [1.165, 1.54) is 31.4 Å². The largest absolute Gasteiger partial charge is 0.497 e. The summed E-state index contributed by atoms with van der Waals surface area (Å²) in [6.45, 7) is 1.07. The molecule has 6 nitrogen and oxygen atoms in total. The van der Waals surface area contributed by atoms with E-state index in [1.54, 1.807) is 24.3 Å². The average molecular weight is 532 g/mol. The van der Waals surface area contributed by atoms with E-state index in [-0.39, 0.29) is 30.0 Å². The summed E-state index contributed by atoms with van der Waals surface area (Å²) in [5.41, 5.74) is 0.315. The maximum absolute atomic E-state index is 14.1. The summed E-state index contributed by atoms with van der Waals surface area (Å²) in [7, 11) is 1.41. The molecule has 0 bridgehead atoms. The highest BCUT2D eigenvalue weighted by Gasteiger charge is 2.41. The van der Waals surface area contributed by atoms with Gasteiger partial charge >= 0.3 is 6.18 Å². The van der Waals surface area contributed by atoms with Crippen LogP contribution in [0.3, 0.4) is 0 Å². The second kappa shape index (κ2) is 9.99. The van der Waals surface area contributed by atoms with Gasteiger partial charge in [-0.15, -0.1) is 0 Å². The molecule has 192 valence electrons. The number of fused-ring (bicyclic) bond motifs is 3. The third kappa shape index (κ3) is 5.23. The van der Waals surface area contributed by atoms with E-state index in [4.69, 9.17) is 30.2 Å². The summed E-state index contributed by atoms with van der Waals surface area (Å²) >= 11 is 5.94. The first-order valence-electron chi connectivity index (χ1n) is 11.3. The highest BCUT2D eigenvalue weighted by atomic mass is 35.5. The summed E-state index contributed by atoms with van der Waals surface area (Å²) in [4.78, 5) is 15.2. The number of ether oxygens (including phenoxy) is 3. The number of nitrogens with zero attached hydrogens (tertiary/aromatic N) is 1. The van der Waals surface area contributed by atoms with E-state index in [1.807, 2.05) is 17.0 Å². The van der Waals surface area contributed by atoms with Crippen molar-refractivity contribution in [1.82, 2.24) is 4.90 Å². The Balaban J connectivity index is 1.51. The van der Waals surface area contributed by atoms with Gasteiger partial charge in [0.1, 0.15) is 29.6 Å². The molecule has 0 N–H and O–H groups in total. The normalized spacial score (nSPS) is 13.8. The lowest BCUT2D eigenvalue weighted by molar-refractivity contribution is -0.154. The zero-order valence-corrected chi connectivity index (χ0v) is 20.4. The number of hydrogen-bond donors (Lipinski definition) is 0. The molecule has 0 spiro atoms. The molecule has 0 atom stereocenters. The van der Waals surface area contributed by atoms with Crippen LogP contribution in [0, 0.1) is 0 Å². The lowest BCUT2D eigenvalue weighted by atomic mass is 10.1. The molecule has 0 saturated carbocycles. The topological polar surface area (TPSA) is 61.1 Å². The van der Waals surface area contributed by atoms with E-state index >= 15 is 0 Å². The van der Waals surface area contributed by atoms with Crippen molar-refractivity contribution in [3.05, 3.63) is 92.8 Å². The van der Waals surface area contributed by atoms with Crippen LogP contribution in [0.2, 0.25) is 5.02 Å². The Morgan fingerprint density at radius 2 is 1.81 bits per heavy atom. The minimum atomic E-state index is -4.98. The molecule has 3 aromatic carbocycles. The minimum absolute atomic E-state index is 0.00571. The lowest BCUT2D eigenvalue weighted by Gasteiger charge is -2.29. The van der Waals surface area contributed by atoms with Crippen molar-refractivity contribution in [2.45, 2.75) is 19.1 Å². The van der Waals surface area contributed by atoms with Crippen LogP contribution in [-0.4, -0.2) is 25.3 Å². The number of hydrogen-bond acceptors (Lipinski definition) is 6. The van der Waals surface area contributed by atoms with Crippen LogP contribution in [0.1, 0.15) is 16.9 Å². The molecular weight excluding hydrogens is 511 g/mol. The fourth-order valence-electron chi connectivity index (χ4n) is 4.14. The summed E-state index contributed by atoms with van der Waals surface area (Å²) in [6, 6.07) is 16.3. The Kier molecular flexibility index (Phi) is 6.74. The van der Waals surface area contributed by atoms with Gasteiger partial charge in [0, 0.05) is 24.2 Å². The maximum Gasteiger partial charge on any atom is 0.453 e. The molecule has 37 heavy (non-hydrogen) atoms. The number of methoxy groups -OCH3 is 1. The molecular formula is C27H21ClF3NO5. The number of alkyl halides is 3. The SMILES string of the molecule is COc1cccc(Oc2c(C(F)(F)F)oc3c4c(ccc3c2=O)OCN(CCc2ccc(Cl)cc2)C4)c1. The maximum atomic E-state index is 14.1. The van der Waals surface area contributed by atoms with Crippen LogP contribution >= 0.6 is 11.6 Å². The molecule has 2 heterocycles. The molecule has 5 rings (SSSR count). The predicted octanol–water partition coefficient (Wildman–Crippen LogP) is 6.66. The highest BCUT2D eigenvalue weighted by Crippen LogP contribution is 2.41. The van der Waals surface area contributed by atoms with Gasteiger partial charge in [-0.3, -0.25) is 9.69 Å². The van der Waals surface area contributed by atoms with E-state index in [0.717, 1.165) is 5.56 Å². The van der Waals surface area contributed by atoms with Gasteiger partial charge < -0.3 is 18.6 Å². The molecule has 0 radical (unpaired) electrons. The Morgan fingerprint density at radius 1 is 1.05 bits per heavy atom. The Morgan fingerprint density at radius 3 is 2.54 bits per heavy atom. The van der Waals surface area contributed by atoms with Crippen LogP contribution in [0.25, 0.3) is 11.0 Å². The number of halogens is 4. The van der Waals surface area contributed by atoms with Gasteiger partial charge in [-0.25, -0.2) is 0 Å². The van der Waals surface area contributed by atoms with Crippen molar-refractivity contribution < 1.29 is 31.8 Å². The molecule has 0 aliphatic carbocycles. The van der Waals surface area contributed by atoms with Crippen molar-refractivity contribution in [1.29, 1.82) is 0 Å². The quantitative estimate of drug-likeness (QED) is 0.277. The fraction of sp³-hybridized carbons (Fsp3) is 0.222. The first-order chi connectivity index (χ1) is 17.7. The van der Waals surface area contributed by atoms with Gasteiger partial charge in [-0.2, -0.15) is 13.2 Å². The van der Waals surface area contributed by atoms with Gasteiger partial charge in [-0.1, -0.05) is 29.8 Å². The van der Waals surface area contributed by atoms with Gasteiger partial charge in [0.05, 0.1) is 18.1 Å². The average Bonchev–Trinajstić information content (AvgIpc) is 2.89. The van der Waals surface area contributed by atoms with E-state index in [2.05, 4.69) is 0 Å². The van der Waals surface area contributed by atoms with Gasteiger partial charge in [0.25, 0.3) is 5.76 Å². The van der Waals surface area contributed by atoms with Gasteiger partial charge in [0.2, 0.25) is 11.2 Å². The Hall–Kier alpha value is -3.69. The Labute approximate surface area is 214 Å². The standard InChI is InChI=1S/C27H21ClF3NO5/c1-34-18-3-2-4-19(13-18)36-25-23(33)20-9-10-22-21(24(20)37-26(25)27(29,30)31)14-32(15-35-22)12-11-16-5-7-17(28)8-6-16/h2-10,13H,11-12,14-15H2,1H3. The summed E-state index contributed by atoms with van der Waals surface area (Å²) < 4.78 is 63.9. The van der Waals surface area contributed by atoms with Crippen LogP contribution in [-0.2, 0) is 19.1 Å². The third-order valence-corrected chi connectivity index (χ3v) is 6.26. The zero-order valence-electron chi connectivity index (χ0n) is 19.6. The smallest absolute Gasteiger partial charge is 0.453 e. The Bertz CT molecular complexity index is 1500. The second-order valence-corrected chi connectivity index (χ2v) is 8.93. The monoisotopic (exact) mass is 531 g/mol. The number of rotatable bonds is 6.